The van der Waals surface area contributed by atoms with Crippen LogP contribution in [0, 0.1) is 0 Å². The van der Waals surface area contributed by atoms with Crippen molar-refractivity contribution in [3.05, 3.63) is 34.9 Å². The Kier molecular flexibility index (Phi) is 4.57. The van der Waals surface area contributed by atoms with Crippen molar-refractivity contribution in [2.75, 3.05) is 0 Å². The van der Waals surface area contributed by atoms with Crippen LogP contribution in [0.5, 0.6) is 0 Å². The van der Waals surface area contributed by atoms with Crippen LogP contribution in [0.15, 0.2) is 24.3 Å². The Bertz CT molecular complexity index is 438. The summed E-state index contributed by atoms with van der Waals surface area (Å²) in [7, 11) is 0. The molecule has 0 fully saturated rings. The molecule has 1 rings (SSSR count). The van der Waals surface area contributed by atoms with Crippen LogP contribution in [0.2, 0.25) is 5.02 Å². The normalized spacial score (nSPS) is 12.6. The van der Waals surface area contributed by atoms with Gasteiger partial charge in [0.05, 0.1) is 5.54 Å². The first-order valence-electron chi connectivity index (χ1n) is 6.28. The van der Waals surface area contributed by atoms with Crippen molar-refractivity contribution in [3.8, 4) is 0 Å². The molecular formula is C15H22ClNO. The maximum Gasteiger partial charge on any atom is 0.182 e. The molecule has 0 heterocycles. The van der Waals surface area contributed by atoms with E-state index in [9.17, 15) is 4.79 Å². The van der Waals surface area contributed by atoms with Crippen LogP contribution in [0.25, 0.3) is 0 Å². The van der Waals surface area contributed by atoms with Gasteiger partial charge in [-0.25, -0.2) is 0 Å². The first-order chi connectivity index (χ1) is 8.18. The maximum absolute atomic E-state index is 12.5. The fraction of sp³-hybridized carbons (Fsp3) is 0.533. The first-order valence-corrected chi connectivity index (χ1v) is 6.65. The molecule has 0 aliphatic rings. The summed E-state index contributed by atoms with van der Waals surface area (Å²) in [5.41, 5.74) is -0.0334. The molecule has 0 saturated carbocycles. The Morgan fingerprint density at radius 1 is 1.28 bits per heavy atom. The number of halogens is 1. The predicted molar refractivity (Wildman–Crippen MR) is 77.4 cm³/mol. The lowest BCUT2D eigenvalue weighted by Gasteiger charge is -2.35. The van der Waals surface area contributed by atoms with Gasteiger partial charge in [-0.2, -0.15) is 0 Å². The minimum atomic E-state index is -0.607. The molecule has 0 aliphatic carbocycles. The van der Waals surface area contributed by atoms with Gasteiger partial charge in [-0.15, -0.1) is 0 Å². The summed E-state index contributed by atoms with van der Waals surface area (Å²) >= 11 is 5.93. The summed E-state index contributed by atoms with van der Waals surface area (Å²) in [6.45, 7) is 10.1. The minimum Gasteiger partial charge on any atom is -0.300 e. The fourth-order valence-electron chi connectivity index (χ4n) is 1.98. The third-order valence-electron chi connectivity index (χ3n) is 3.19. The maximum atomic E-state index is 12.5. The summed E-state index contributed by atoms with van der Waals surface area (Å²) < 4.78 is 0. The monoisotopic (exact) mass is 267 g/mol. The molecule has 3 heteroatoms. The smallest absolute Gasteiger partial charge is 0.182 e. The highest BCUT2D eigenvalue weighted by Crippen LogP contribution is 2.20. The Labute approximate surface area is 115 Å². The largest absolute Gasteiger partial charge is 0.300 e. The van der Waals surface area contributed by atoms with Crippen molar-refractivity contribution in [1.29, 1.82) is 0 Å². The third-order valence-corrected chi connectivity index (χ3v) is 3.42. The van der Waals surface area contributed by atoms with Gasteiger partial charge >= 0.3 is 0 Å². The van der Waals surface area contributed by atoms with Crippen LogP contribution in [-0.2, 0) is 0 Å². The van der Waals surface area contributed by atoms with Gasteiger partial charge in [0.2, 0.25) is 0 Å². The zero-order valence-electron chi connectivity index (χ0n) is 11.8. The molecule has 0 atom stereocenters. The van der Waals surface area contributed by atoms with E-state index in [0.29, 0.717) is 10.6 Å². The molecule has 1 N–H and O–H groups in total. The van der Waals surface area contributed by atoms with E-state index in [-0.39, 0.29) is 11.3 Å². The van der Waals surface area contributed by atoms with E-state index in [4.69, 9.17) is 11.6 Å². The number of hydrogen-bond acceptors (Lipinski definition) is 2. The predicted octanol–water partition coefficient (Wildman–Crippen LogP) is 4.08. The van der Waals surface area contributed by atoms with E-state index < -0.39 is 5.54 Å². The number of ketones is 1. The van der Waals surface area contributed by atoms with Crippen molar-refractivity contribution in [3.63, 3.8) is 0 Å². The molecule has 0 amide bonds. The second-order valence-corrected chi connectivity index (χ2v) is 6.26. The molecule has 1 aromatic carbocycles. The van der Waals surface area contributed by atoms with Crippen LogP contribution in [0.4, 0.5) is 0 Å². The number of rotatable bonds is 5. The summed E-state index contributed by atoms with van der Waals surface area (Å²) in [4.78, 5) is 12.5. The summed E-state index contributed by atoms with van der Waals surface area (Å²) in [6.07, 6.45) is 0.958. The van der Waals surface area contributed by atoms with E-state index in [1.165, 1.54) is 0 Å². The van der Waals surface area contributed by atoms with Gasteiger partial charge in [-0.1, -0.05) is 30.7 Å². The number of carbonyl (C=O) groups is 1. The fourth-order valence-corrected chi connectivity index (χ4v) is 2.17. The van der Waals surface area contributed by atoms with Crippen molar-refractivity contribution in [1.82, 2.24) is 5.32 Å². The van der Waals surface area contributed by atoms with E-state index in [0.717, 1.165) is 6.42 Å². The van der Waals surface area contributed by atoms with Crippen LogP contribution in [0.3, 0.4) is 0 Å². The van der Waals surface area contributed by atoms with Gasteiger partial charge in [0, 0.05) is 16.1 Å². The average molecular weight is 268 g/mol. The van der Waals surface area contributed by atoms with Crippen LogP contribution < -0.4 is 5.32 Å². The van der Waals surface area contributed by atoms with Crippen molar-refractivity contribution < 1.29 is 4.79 Å². The summed E-state index contributed by atoms with van der Waals surface area (Å²) in [5.74, 6) is 0.0616. The third kappa shape index (κ3) is 3.82. The lowest BCUT2D eigenvalue weighted by molar-refractivity contribution is 0.0846. The molecule has 0 aliphatic heterocycles. The Balaban J connectivity index is 2.95. The van der Waals surface area contributed by atoms with Gasteiger partial charge in [-0.3, -0.25) is 4.79 Å². The standard InChI is InChI=1S/C15H22ClNO/c1-6-14(2,3)17-15(4,5)13(18)11-8-7-9-12(16)10-11/h7-10,17H,6H2,1-5H3. The summed E-state index contributed by atoms with van der Waals surface area (Å²) in [6, 6.07) is 7.09. The van der Waals surface area contributed by atoms with Gasteiger partial charge in [0.15, 0.2) is 5.78 Å². The lowest BCUT2D eigenvalue weighted by Crippen LogP contribution is -2.56. The summed E-state index contributed by atoms with van der Waals surface area (Å²) in [5, 5.41) is 4.00. The molecule has 0 aromatic heterocycles. The molecule has 0 saturated heterocycles. The Morgan fingerprint density at radius 2 is 1.89 bits per heavy atom. The SMILES string of the molecule is CCC(C)(C)NC(C)(C)C(=O)c1cccc(Cl)c1. The number of Topliss-reactive ketones (excluding diaryl/α,β-unsaturated/α-hetero) is 1. The molecule has 0 unspecified atom stereocenters. The van der Waals surface area contributed by atoms with Crippen LogP contribution in [0.1, 0.15) is 51.4 Å². The van der Waals surface area contributed by atoms with Crippen LogP contribution in [-0.4, -0.2) is 16.9 Å². The Hall–Kier alpha value is -0.860. The van der Waals surface area contributed by atoms with Gasteiger partial charge < -0.3 is 5.32 Å². The average Bonchev–Trinajstić information content (AvgIpc) is 2.26. The second-order valence-electron chi connectivity index (χ2n) is 5.83. The van der Waals surface area contributed by atoms with Crippen molar-refractivity contribution >= 4 is 17.4 Å². The molecule has 18 heavy (non-hydrogen) atoms. The highest BCUT2D eigenvalue weighted by Gasteiger charge is 2.33. The molecule has 0 radical (unpaired) electrons. The highest BCUT2D eigenvalue weighted by molar-refractivity contribution is 6.31. The number of nitrogens with one attached hydrogen (secondary N) is 1. The zero-order valence-corrected chi connectivity index (χ0v) is 12.6. The minimum absolute atomic E-state index is 0.0616. The van der Waals surface area contributed by atoms with E-state index in [2.05, 4.69) is 26.1 Å². The van der Waals surface area contributed by atoms with Gasteiger partial charge in [-0.05, 0) is 46.2 Å². The van der Waals surface area contributed by atoms with Gasteiger partial charge in [0.1, 0.15) is 0 Å². The second kappa shape index (κ2) is 5.41. The zero-order chi connectivity index (χ0) is 14.0. The molecule has 100 valence electrons. The first kappa shape index (κ1) is 15.2. The van der Waals surface area contributed by atoms with Crippen molar-refractivity contribution in [2.45, 2.75) is 52.1 Å². The van der Waals surface area contributed by atoms with E-state index >= 15 is 0 Å². The van der Waals surface area contributed by atoms with Crippen molar-refractivity contribution in [2.24, 2.45) is 0 Å². The number of hydrogen-bond donors (Lipinski definition) is 1. The molecule has 2 nitrogen and oxygen atoms in total. The highest BCUT2D eigenvalue weighted by atomic mass is 35.5. The van der Waals surface area contributed by atoms with E-state index in [1.54, 1.807) is 24.3 Å². The molecule has 1 aromatic rings. The lowest BCUT2D eigenvalue weighted by atomic mass is 9.89. The quantitative estimate of drug-likeness (QED) is 0.815. The van der Waals surface area contributed by atoms with E-state index in [1.807, 2.05) is 13.8 Å². The number of benzene rings is 1. The molecule has 0 spiro atoms. The molecular weight excluding hydrogens is 246 g/mol. The topological polar surface area (TPSA) is 29.1 Å². The molecule has 0 bridgehead atoms. The number of carbonyl (C=O) groups excluding carboxylic acids is 1. The van der Waals surface area contributed by atoms with Gasteiger partial charge in [0.25, 0.3) is 0 Å². The van der Waals surface area contributed by atoms with Crippen LogP contribution >= 0.6 is 11.6 Å². The Morgan fingerprint density at radius 3 is 2.39 bits per heavy atom.